The van der Waals surface area contributed by atoms with Crippen molar-refractivity contribution in [3.63, 3.8) is 0 Å². The summed E-state index contributed by atoms with van der Waals surface area (Å²) in [7, 11) is 2.07. The molecule has 0 N–H and O–H groups in total. The van der Waals surface area contributed by atoms with Gasteiger partial charge in [-0.25, -0.2) is 27.5 Å². The van der Waals surface area contributed by atoms with Gasteiger partial charge in [-0.05, 0) is 20.9 Å². The molecule has 5 rings (SSSR count). The number of piperazine rings is 1. The monoisotopic (exact) mass is 558 g/mol. The summed E-state index contributed by atoms with van der Waals surface area (Å²) in [6.45, 7) is 6.95. The summed E-state index contributed by atoms with van der Waals surface area (Å²) in [6, 6.07) is 3.92. The van der Waals surface area contributed by atoms with E-state index in [9.17, 15) is 17.6 Å². The molecule has 2 aromatic carbocycles. The van der Waals surface area contributed by atoms with Gasteiger partial charge in [-0.3, -0.25) is 0 Å². The number of aromatic nitrogens is 2. The highest BCUT2D eigenvalue weighted by Gasteiger charge is 2.21. The van der Waals surface area contributed by atoms with Gasteiger partial charge >= 0.3 is 0 Å². The number of rotatable bonds is 1. The van der Waals surface area contributed by atoms with E-state index in [2.05, 4.69) is 26.8 Å². The average molecular weight is 560 g/mol. The highest BCUT2D eigenvalue weighted by atomic mass is 35.5. The molecule has 3 heterocycles. The van der Waals surface area contributed by atoms with Crippen molar-refractivity contribution in [1.29, 1.82) is 0 Å². The van der Waals surface area contributed by atoms with E-state index in [1.807, 2.05) is 6.92 Å². The third-order valence-corrected chi connectivity index (χ3v) is 7.37. The maximum Gasteiger partial charge on any atom is 0.137 e. The molecule has 4 aromatic rings. The summed E-state index contributed by atoms with van der Waals surface area (Å²) in [5.74, 6) is -2.04. The Bertz CT molecular complexity index is 1470. The fourth-order valence-electron chi connectivity index (χ4n) is 4.01. The SMILES string of the molecule is Cc1c(Cl)nc2cc(F)cc(F)c2c1Cl.Cc1c(N2CCN(C)CC2)nc2cc(F)cc(F)c2c1Cl. The van der Waals surface area contributed by atoms with Crippen molar-refractivity contribution in [2.45, 2.75) is 13.8 Å². The number of hydrogen-bond acceptors (Lipinski definition) is 4. The Morgan fingerprint density at radius 1 is 0.694 bits per heavy atom. The molecule has 0 aliphatic carbocycles. The van der Waals surface area contributed by atoms with Crippen LogP contribution >= 0.6 is 34.8 Å². The van der Waals surface area contributed by atoms with E-state index in [1.54, 1.807) is 6.92 Å². The second-order valence-electron chi connectivity index (χ2n) is 8.57. The standard InChI is InChI=1S/C15H16ClF2N3.C10H5Cl2F2N/c1-9-14(16)13-11(18)7-10(17)8-12(13)19-15(9)21-5-3-20(2)4-6-21;1-4-9(11)8-6(14)2-5(13)3-7(8)15-10(4)12/h7-8H,3-6H2,1-2H3;2-3H,1H3. The Labute approximate surface area is 220 Å². The third-order valence-electron chi connectivity index (χ3n) is 6.06. The van der Waals surface area contributed by atoms with E-state index < -0.39 is 23.3 Å². The first-order valence-corrected chi connectivity index (χ1v) is 12.1. The molecule has 190 valence electrons. The Morgan fingerprint density at radius 3 is 1.69 bits per heavy atom. The van der Waals surface area contributed by atoms with Crippen LogP contribution in [0.3, 0.4) is 0 Å². The van der Waals surface area contributed by atoms with Crippen molar-refractivity contribution in [3.8, 4) is 0 Å². The second-order valence-corrected chi connectivity index (χ2v) is 9.68. The molecule has 0 amide bonds. The van der Waals surface area contributed by atoms with E-state index >= 15 is 0 Å². The number of fused-ring (bicyclic) bond motifs is 2. The van der Waals surface area contributed by atoms with Crippen LogP contribution in [0.1, 0.15) is 11.1 Å². The summed E-state index contributed by atoms with van der Waals surface area (Å²) in [6.07, 6.45) is 0. The lowest BCUT2D eigenvalue weighted by atomic mass is 10.1. The summed E-state index contributed by atoms with van der Waals surface area (Å²) in [5.41, 5.74) is 1.60. The fourth-order valence-corrected chi connectivity index (χ4v) is 4.79. The fraction of sp³-hybridized carbons (Fsp3) is 0.280. The minimum absolute atomic E-state index is 0.0972. The number of pyridine rings is 2. The largest absolute Gasteiger partial charge is 0.354 e. The molecule has 1 saturated heterocycles. The van der Waals surface area contributed by atoms with Gasteiger partial charge < -0.3 is 9.80 Å². The molecule has 0 atom stereocenters. The smallest absolute Gasteiger partial charge is 0.137 e. The van der Waals surface area contributed by atoms with Crippen LogP contribution in [0.2, 0.25) is 15.2 Å². The van der Waals surface area contributed by atoms with Crippen LogP contribution in [0.5, 0.6) is 0 Å². The van der Waals surface area contributed by atoms with Crippen LogP contribution in [0, 0.1) is 37.1 Å². The van der Waals surface area contributed by atoms with Crippen molar-refractivity contribution in [3.05, 3.63) is 73.9 Å². The second kappa shape index (κ2) is 10.5. The van der Waals surface area contributed by atoms with Crippen LogP contribution in [0.15, 0.2) is 24.3 Å². The van der Waals surface area contributed by atoms with Crippen molar-refractivity contribution >= 4 is 62.4 Å². The summed E-state index contributed by atoms with van der Waals surface area (Å²) in [5, 5.41) is 0.917. The van der Waals surface area contributed by atoms with E-state index in [-0.39, 0.29) is 32.0 Å². The zero-order valence-electron chi connectivity index (χ0n) is 19.6. The lowest BCUT2D eigenvalue weighted by molar-refractivity contribution is 0.312. The molecule has 0 bridgehead atoms. The molecular weight excluding hydrogens is 539 g/mol. The molecule has 1 aliphatic heterocycles. The first-order chi connectivity index (χ1) is 17.0. The van der Waals surface area contributed by atoms with Gasteiger partial charge in [-0.2, -0.15) is 0 Å². The van der Waals surface area contributed by atoms with Crippen molar-refractivity contribution in [1.82, 2.24) is 14.9 Å². The van der Waals surface area contributed by atoms with Crippen LogP contribution in [0.25, 0.3) is 21.8 Å². The summed E-state index contributed by atoms with van der Waals surface area (Å²) < 4.78 is 53.6. The highest BCUT2D eigenvalue weighted by molar-refractivity contribution is 6.39. The molecule has 1 aliphatic rings. The number of anilines is 1. The molecule has 1 fully saturated rings. The molecule has 2 aromatic heterocycles. The zero-order valence-corrected chi connectivity index (χ0v) is 21.8. The van der Waals surface area contributed by atoms with Gasteiger partial charge in [-0.15, -0.1) is 0 Å². The van der Waals surface area contributed by atoms with Gasteiger partial charge in [0, 0.05) is 61.6 Å². The topological polar surface area (TPSA) is 32.3 Å². The number of nitrogens with zero attached hydrogens (tertiary/aromatic N) is 4. The molecule has 0 radical (unpaired) electrons. The van der Waals surface area contributed by atoms with Crippen LogP contribution in [-0.2, 0) is 0 Å². The average Bonchev–Trinajstić information content (AvgIpc) is 2.80. The minimum atomic E-state index is -0.734. The Hall–Kier alpha value is -2.39. The Balaban J connectivity index is 0.000000179. The normalized spacial score (nSPS) is 14.3. The van der Waals surface area contributed by atoms with Gasteiger partial charge in [-0.1, -0.05) is 34.8 Å². The van der Waals surface area contributed by atoms with Crippen molar-refractivity contribution in [2.75, 3.05) is 38.1 Å². The molecule has 0 spiro atoms. The van der Waals surface area contributed by atoms with Gasteiger partial charge in [0.15, 0.2) is 0 Å². The van der Waals surface area contributed by atoms with E-state index in [0.717, 1.165) is 49.9 Å². The van der Waals surface area contributed by atoms with Crippen LogP contribution in [0.4, 0.5) is 23.4 Å². The molecular formula is C25H21Cl3F4N4. The van der Waals surface area contributed by atoms with Crippen molar-refractivity contribution in [2.24, 2.45) is 0 Å². The van der Waals surface area contributed by atoms with Gasteiger partial charge in [0.2, 0.25) is 0 Å². The summed E-state index contributed by atoms with van der Waals surface area (Å²) in [4.78, 5) is 12.7. The lowest BCUT2D eigenvalue weighted by Gasteiger charge is -2.34. The third kappa shape index (κ3) is 5.18. The van der Waals surface area contributed by atoms with Crippen molar-refractivity contribution < 1.29 is 17.6 Å². The first-order valence-electron chi connectivity index (χ1n) is 11.0. The predicted octanol–water partition coefficient (Wildman–Crippen LogP) is 7.35. The first kappa shape index (κ1) is 26.7. The molecule has 0 unspecified atom stereocenters. The maximum absolute atomic E-state index is 13.9. The molecule has 36 heavy (non-hydrogen) atoms. The highest BCUT2D eigenvalue weighted by Crippen LogP contribution is 2.35. The molecule has 4 nitrogen and oxygen atoms in total. The maximum atomic E-state index is 13.9. The molecule has 0 saturated carbocycles. The van der Waals surface area contributed by atoms with Gasteiger partial charge in [0.1, 0.15) is 34.2 Å². The van der Waals surface area contributed by atoms with Gasteiger partial charge in [0.05, 0.1) is 31.9 Å². The Kier molecular flexibility index (Phi) is 7.80. The quantitative estimate of drug-likeness (QED) is 0.180. The Morgan fingerprint density at radius 2 is 1.17 bits per heavy atom. The lowest BCUT2D eigenvalue weighted by Crippen LogP contribution is -2.45. The zero-order chi connectivity index (χ0) is 26.3. The number of halogens is 7. The predicted molar refractivity (Wildman–Crippen MR) is 138 cm³/mol. The van der Waals surface area contributed by atoms with E-state index in [1.165, 1.54) is 6.07 Å². The van der Waals surface area contributed by atoms with E-state index in [4.69, 9.17) is 34.8 Å². The molecule has 11 heteroatoms. The van der Waals surface area contributed by atoms with E-state index in [0.29, 0.717) is 16.4 Å². The minimum Gasteiger partial charge on any atom is -0.354 e. The number of likely N-dealkylation sites (N-methyl/N-ethyl adjacent to an activating group) is 1. The van der Waals surface area contributed by atoms with Gasteiger partial charge in [0.25, 0.3) is 0 Å². The number of benzene rings is 2. The number of hydrogen-bond donors (Lipinski definition) is 0. The van der Waals surface area contributed by atoms with Crippen LogP contribution in [-0.4, -0.2) is 48.1 Å². The summed E-state index contributed by atoms with van der Waals surface area (Å²) >= 11 is 18.0. The van der Waals surface area contributed by atoms with Crippen LogP contribution < -0.4 is 4.90 Å².